The lowest BCUT2D eigenvalue weighted by atomic mass is 9.95. The van der Waals surface area contributed by atoms with Crippen LogP contribution in [0.25, 0.3) is 0 Å². The number of anilines is 1. The molecule has 1 aliphatic rings. The van der Waals surface area contributed by atoms with Crippen LogP contribution < -0.4 is 5.32 Å². The van der Waals surface area contributed by atoms with Gasteiger partial charge in [0.1, 0.15) is 5.82 Å². The second-order valence-corrected chi connectivity index (χ2v) is 5.84. The van der Waals surface area contributed by atoms with Crippen LogP contribution in [0.1, 0.15) is 36.3 Å². The van der Waals surface area contributed by atoms with Crippen molar-refractivity contribution in [2.24, 2.45) is 0 Å². The zero-order valence-electron chi connectivity index (χ0n) is 13.6. The summed E-state index contributed by atoms with van der Waals surface area (Å²) < 4.78 is 14.9. The number of carbonyl (C=O) groups is 1. The minimum Gasteiger partial charge on any atom is -0.317 e. The third kappa shape index (κ3) is 2.81. The normalized spacial score (nSPS) is 17.0. The van der Waals surface area contributed by atoms with Gasteiger partial charge in [-0.3, -0.25) is 4.68 Å². The van der Waals surface area contributed by atoms with Crippen LogP contribution in [0.2, 0.25) is 0 Å². The predicted molar refractivity (Wildman–Crippen MR) is 86.9 cm³/mol. The summed E-state index contributed by atoms with van der Waals surface area (Å²) in [6, 6.07) is 6.23. The summed E-state index contributed by atoms with van der Waals surface area (Å²) in [6.45, 7) is 7.33. The van der Waals surface area contributed by atoms with E-state index in [4.69, 9.17) is 0 Å². The first-order valence-corrected chi connectivity index (χ1v) is 7.88. The highest BCUT2D eigenvalue weighted by Gasteiger charge is 2.34. The fourth-order valence-electron chi connectivity index (χ4n) is 3.03. The van der Waals surface area contributed by atoms with Crippen molar-refractivity contribution in [1.29, 1.82) is 0 Å². The Morgan fingerprint density at radius 3 is 2.57 bits per heavy atom. The van der Waals surface area contributed by atoms with E-state index in [0.29, 0.717) is 6.54 Å². The maximum Gasteiger partial charge on any atom is 0.322 e. The Kier molecular flexibility index (Phi) is 4.07. The highest BCUT2D eigenvalue weighted by Crippen LogP contribution is 2.34. The Balaban J connectivity index is 1.74. The Morgan fingerprint density at radius 1 is 1.35 bits per heavy atom. The topological polar surface area (TPSA) is 50.2 Å². The molecule has 1 unspecified atom stereocenters. The number of hydrogen-bond donors (Lipinski definition) is 1. The first-order chi connectivity index (χ1) is 11.0. The Labute approximate surface area is 135 Å². The van der Waals surface area contributed by atoms with Crippen molar-refractivity contribution < 1.29 is 9.18 Å². The van der Waals surface area contributed by atoms with Gasteiger partial charge in [-0.05, 0) is 44.9 Å². The molecule has 1 aromatic heterocycles. The molecule has 1 aromatic carbocycles. The van der Waals surface area contributed by atoms with Gasteiger partial charge in [-0.1, -0.05) is 12.1 Å². The number of halogens is 1. The number of hydrogen-bond acceptors (Lipinski definition) is 2. The Bertz CT molecular complexity index is 723. The van der Waals surface area contributed by atoms with Gasteiger partial charge in [-0.2, -0.15) is 5.10 Å². The molecule has 23 heavy (non-hydrogen) atoms. The Hall–Kier alpha value is -2.37. The number of rotatable bonds is 3. The summed E-state index contributed by atoms with van der Waals surface area (Å²) in [6.07, 6.45) is 0.894. The molecule has 3 rings (SSSR count). The van der Waals surface area contributed by atoms with E-state index in [1.165, 1.54) is 12.1 Å². The van der Waals surface area contributed by atoms with Gasteiger partial charge < -0.3 is 10.2 Å². The second-order valence-electron chi connectivity index (χ2n) is 5.84. The molecule has 1 N–H and O–H groups in total. The van der Waals surface area contributed by atoms with Crippen LogP contribution in [0.5, 0.6) is 0 Å². The summed E-state index contributed by atoms with van der Waals surface area (Å²) in [4.78, 5) is 14.3. The average molecular weight is 316 g/mol. The van der Waals surface area contributed by atoms with E-state index in [1.807, 2.05) is 25.5 Å². The van der Waals surface area contributed by atoms with E-state index < -0.39 is 0 Å². The molecule has 1 atom stereocenters. The first-order valence-electron chi connectivity index (χ1n) is 7.88. The van der Waals surface area contributed by atoms with Gasteiger partial charge in [-0.25, -0.2) is 9.18 Å². The third-order valence-electron chi connectivity index (χ3n) is 4.45. The Morgan fingerprint density at radius 2 is 2.04 bits per heavy atom. The molecule has 2 heterocycles. The molecule has 0 aliphatic carbocycles. The number of nitrogens with zero attached hydrogens (tertiary/aromatic N) is 3. The molecule has 5 nitrogen and oxygen atoms in total. The summed E-state index contributed by atoms with van der Waals surface area (Å²) in [5, 5.41) is 7.39. The zero-order valence-corrected chi connectivity index (χ0v) is 13.6. The molecule has 2 amide bonds. The number of benzene rings is 1. The molecule has 1 fully saturated rings. The van der Waals surface area contributed by atoms with Crippen LogP contribution in [0, 0.1) is 19.7 Å². The number of aryl methyl sites for hydroxylation is 2. The molecule has 0 saturated carbocycles. The van der Waals surface area contributed by atoms with Crippen molar-refractivity contribution in [2.75, 3.05) is 11.9 Å². The maximum absolute atomic E-state index is 13.0. The van der Waals surface area contributed by atoms with Crippen LogP contribution in [0.4, 0.5) is 14.9 Å². The molecule has 0 bridgehead atoms. The highest BCUT2D eigenvalue weighted by atomic mass is 19.1. The second kappa shape index (κ2) is 6.02. The van der Waals surface area contributed by atoms with Gasteiger partial charge in [0.25, 0.3) is 0 Å². The summed E-state index contributed by atoms with van der Waals surface area (Å²) in [5.74, 6) is -0.262. The quantitative estimate of drug-likeness (QED) is 0.940. The summed E-state index contributed by atoms with van der Waals surface area (Å²) in [5.41, 5.74) is 3.51. The fraction of sp³-hybridized carbons (Fsp3) is 0.412. The summed E-state index contributed by atoms with van der Waals surface area (Å²) in [7, 11) is 0. The van der Waals surface area contributed by atoms with Crippen molar-refractivity contribution in [3.63, 3.8) is 0 Å². The number of amides is 2. The predicted octanol–water partition coefficient (Wildman–Crippen LogP) is 3.64. The molecule has 0 radical (unpaired) electrons. The van der Waals surface area contributed by atoms with Gasteiger partial charge in [0, 0.05) is 13.1 Å². The average Bonchev–Trinajstić information content (AvgIpc) is 2.76. The smallest absolute Gasteiger partial charge is 0.317 e. The zero-order chi connectivity index (χ0) is 16.6. The van der Waals surface area contributed by atoms with E-state index >= 15 is 0 Å². The van der Waals surface area contributed by atoms with Gasteiger partial charge >= 0.3 is 6.03 Å². The number of urea groups is 1. The number of nitrogens with one attached hydrogen (secondary N) is 1. The first kappa shape index (κ1) is 15.5. The van der Waals surface area contributed by atoms with E-state index in [1.54, 1.807) is 17.0 Å². The van der Waals surface area contributed by atoms with Crippen molar-refractivity contribution in [1.82, 2.24) is 14.7 Å². The molecule has 122 valence electrons. The molecular weight excluding hydrogens is 295 g/mol. The SMILES string of the molecule is CCn1nc(C)c(NC(=O)N2CCC2c2ccc(F)cc2)c1C. The van der Waals surface area contributed by atoms with E-state index in [-0.39, 0.29) is 17.9 Å². The molecule has 2 aromatic rings. The minimum atomic E-state index is -0.262. The fourth-order valence-corrected chi connectivity index (χ4v) is 3.03. The molecular formula is C17H21FN4O. The lowest BCUT2D eigenvalue weighted by Crippen LogP contribution is -2.47. The van der Waals surface area contributed by atoms with Crippen molar-refractivity contribution in [3.05, 3.63) is 47.0 Å². The number of likely N-dealkylation sites (tertiary alicyclic amines) is 1. The molecule has 1 saturated heterocycles. The van der Waals surface area contributed by atoms with Crippen LogP contribution in [-0.4, -0.2) is 27.3 Å². The van der Waals surface area contributed by atoms with E-state index in [2.05, 4.69) is 10.4 Å². The van der Waals surface area contributed by atoms with Gasteiger partial charge in [0.2, 0.25) is 0 Å². The largest absolute Gasteiger partial charge is 0.322 e. The van der Waals surface area contributed by atoms with Crippen molar-refractivity contribution >= 4 is 11.7 Å². The van der Waals surface area contributed by atoms with E-state index in [0.717, 1.165) is 35.6 Å². The number of aromatic nitrogens is 2. The highest BCUT2D eigenvalue weighted by molar-refractivity contribution is 5.91. The van der Waals surface area contributed by atoms with Crippen molar-refractivity contribution in [3.8, 4) is 0 Å². The maximum atomic E-state index is 13.0. The minimum absolute atomic E-state index is 0.0115. The monoisotopic (exact) mass is 316 g/mol. The van der Waals surface area contributed by atoms with Crippen LogP contribution in [-0.2, 0) is 6.54 Å². The van der Waals surface area contributed by atoms with Crippen LogP contribution in [0.3, 0.4) is 0 Å². The standard InChI is InChI=1S/C17H21FN4O/c1-4-22-12(3)16(11(2)20-22)19-17(23)21-10-9-15(21)13-5-7-14(18)8-6-13/h5-8,15H,4,9-10H2,1-3H3,(H,19,23). The molecule has 1 aliphatic heterocycles. The van der Waals surface area contributed by atoms with Crippen molar-refractivity contribution in [2.45, 2.75) is 39.8 Å². The molecule has 6 heteroatoms. The van der Waals surface area contributed by atoms with E-state index in [9.17, 15) is 9.18 Å². The van der Waals surface area contributed by atoms with Gasteiger partial charge in [0.15, 0.2) is 0 Å². The number of carbonyl (C=O) groups excluding carboxylic acids is 1. The lowest BCUT2D eigenvalue weighted by molar-refractivity contribution is 0.126. The van der Waals surface area contributed by atoms with Gasteiger partial charge in [-0.15, -0.1) is 0 Å². The molecule has 0 spiro atoms. The lowest BCUT2D eigenvalue weighted by Gasteiger charge is -2.41. The van der Waals surface area contributed by atoms with Crippen LogP contribution >= 0.6 is 0 Å². The summed E-state index contributed by atoms with van der Waals surface area (Å²) >= 11 is 0. The van der Waals surface area contributed by atoms with Gasteiger partial charge in [0.05, 0.1) is 23.1 Å². The van der Waals surface area contributed by atoms with Crippen LogP contribution in [0.15, 0.2) is 24.3 Å². The third-order valence-corrected chi connectivity index (χ3v) is 4.45.